The number of carbonyl (C=O) groups excluding carboxylic acids is 1. The first kappa shape index (κ1) is 16.6. The Morgan fingerprint density at radius 3 is 2.50 bits per heavy atom. The van der Waals surface area contributed by atoms with Crippen molar-refractivity contribution in [3.05, 3.63) is 73.6 Å². The van der Waals surface area contributed by atoms with Gasteiger partial charge in [0.1, 0.15) is 5.56 Å². The van der Waals surface area contributed by atoms with E-state index in [9.17, 15) is 9.59 Å². The van der Waals surface area contributed by atoms with E-state index in [1.165, 1.54) is 12.1 Å². The highest BCUT2D eigenvalue weighted by Crippen LogP contribution is 2.27. The van der Waals surface area contributed by atoms with Crippen LogP contribution in [0.4, 0.5) is 5.69 Å². The number of anilines is 1. The van der Waals surface area contributed by atoms with E-state index in [1.54, 1.807) is 12.1 Å². The van der Waals surface area contributed by atoms with Gasteiger partial charge in [-0.2, -0.15) is 0 Å². The third kappa shape index (κ3) is 3.16. The minimum absolute atomic E-state index is 0.112. The SMILES string of the molecule is Cc1ccc(NC(=O)c2cc3cc(Cl)cc(Cl)c3oc2=O)cc1C. The summed E-state index contributed by atoms with van der Waals surface area (Å²) in [7, 11) is 0. The average molecular weight is 362 g/mol. The monoisotopic (exact) mass is 361 g/mol. The van der Waals surface area contributed by atoms with Crippen LogP contribution in [0.25, 0.3) is 11.0 Å². The van der Waals surface area contributed by atoms with Gasteiger partial charge in [0.15, 0.2) is 5.58 Å². The van der Waals surface area contributed by atoms with Gasteiger partial charge in [-0.3, -0.25) is 4.79 Å². The van der Waals surface area contributed by atoms with Crippen LogP contribution in [0.15, 0.2) is 45.6 Å². The molecule has 3 rings (SSSR count). The number of aryl methyl sites for hydroxylation is 2. The van der Waals surface area contributed by atoms with Gasteiger partial charge in [0.2, 0.25) is 0 Å². The Labute approximate surface area is 148 Å². The van der Waals surface area contributed by atoms with Crippen molar-refractivity contribution in [1.82, 2.24) is 0 Å². The van der Waals surface area contributed by atoms with Crippen LogP contribution in [0.1, 0.15) is 21.5 Å². The van der Waals surface area contributed by atoms with Crippen LogP contribution in [0.3, 0.4) is 0 Å². The van der Waals surface area contributed by atoms with Gasteiger partial charge in [0, 0.05) is 16.1 Å². The molecule has 1 heterocycles. The lowest BCUT2D eigenvalue weighted by atomic mass is 10.1. The summed E-state index contributed by atoms with van der Waals surface area (Å²) < 4.78 is 5.17. The van der Waals surface area contributed by atoms with Crippen LogP contribution in [-0.4, -0.2) is 5.91 Å². The van der Waals surface area contributed by atoms with Crippen molar-refractivity contribution in [3.63, 3.8) is 0 Å². The number of hydrogen-bond acceptors (Lipinski definition) is 3. The standard InChI is InChI=1S/C18H13Cl2NO3/c1-9-3-4-13(5-10(9)2)21-17(22)14-7-11-6-12(19)8-15(20)16(11)24-18(14)23/h3-8H,1-2H3,(H,21,22). The third-order valence-electron chi connectivity index (χ3n) is 3.76. The maximum absolute atomic E-state index is 12.4. The molecule has 0 radical (unpaired) electrons. The number of benzene rings is 2. The molecule has 0 saturated heterocycles. The van der Waals surface area contributed by atoms with Crippen LogP contribution in [0.2, 0.25) is 10.0 Å². The summed E-state index contributed by atoms with van der Waals surface area (Å²) in [6.07, 6.45) is 0. The van der Waals surface area contributed by atoms with Crippen molar-refractivity contribution in [1.29, 1.82) is 0 Å². The summed E-state index contributed by atoms with van der Waals surface area (Å²) in [6.45, 7) is 3.92. The predicted octanol–water partition coefficient (Wildman–Crippen LogP) is 4.97. The van der Waals surface area contributed by atoms with Crippen LogP contribution >= 0.6 is 23.2 Å². The van der Waals surface area contributed by atoms with E-state index in [0.29, 0.717) is 16.1 Å². The molecule has 0 fully saturated rings. The van der Waals surface area contributed by atoms with Gasteiger partial charge in [0.25, 0.3) is 5.91 Å². The summed E-state index contributed by atoms with van der Waals surface area (Å²) in [5.41, 5.74) is 2.09. The summed E-state index contributed by atoms with van der Waals surface area (Å²) >= 11 is 12.0. The maximum Gasteiger partial charge on any atom is 0.349 e. The fraction of sp³-hybridized carbons (Fsp3) is 0.111. The zero-order valence-corrected chi connectivity index (χ0v) is 14.5. The normalized spacial score (nSPS) is 10.8. The van der Waals surface area contributed by atoms with E-state index >= 15 is 0 Å². The van der Waals surface area contributed by atoms with Gasteiger partial charge >= 0.3 is 5.63 Å². The molecule has 122 valence electrons. The Balaban J connectivity index is 2.01. The predicted molar refractivity (Wildman–Crippen MR) is 96.4 cm³/mol. The summed E-state index contributed by atoms with van der Waals surface area (Å²) in [5, 5.41) is 3.79. The molecule has 1 N–H and O–H groups in total. The summed E-state index contributed by atoms with van der Waals surface area (Å²) in [6, 6.07) is 9.99. The number of fused-ring (bicyclic) bond motifs is 1. The topological polar surface area (TPSA) is 59.3 Å². The van der Waals surface area contributed by atoms with Crippen LogP contribution < -0.4 is 10.9 Å². The van der Waals surface area contributed by atoms with E-state index in [4.69, 9.17) is 27.6 Å². The van der Waals surface area contributed by atoms with Crippen molar-refractivity contribution >= 4 is 45.8 Å². The molecule has 0 aliphatic heterocycles. The highest BCUT2D eigenvalue weighted by molar-refractivity contribution is 6.38. The number of halogens is 2. The smallest absolute Gasteiger partial charge is 0.349 e. The highest BCUT2D eigenvalue weighted by Gasteiger charge is 2.16. The molecule has 0 spiro atoms. The lowest BCUT2D eigenvalue weighted by Gasteiger charge is -2.08. The molecule has 1 aromatic heterocycles. The van der Waals surface area contributed by atoms with Crippen LogP contribution in [-0.2, 0) is 0 Å². The maximum atomic E-state index is 12.4. The zero-order valence-electron chi connectivity index (χ0n) is 12.9. The first-order chi connectivity index (χ1) is 11.3. The number of amides is 1. The van der Waals surface area contributed by atoms with Crippen molar-refractivity contribution < 1.29 is 9.21 Å². The Bertz CT molecular complexity index is 1020. The second kappa shape index (κ2) is 6.30. The lowest BCUT2D eigenvalue weighted by Crippen LogP contribution is -2.20. The number of rotatable bonds is 2. The molecular weight excluding hydrogens is 349 g/mol. The molecule has 0 bridgehead atoms. The molecule has 24 heavy (non-hydrogen) atoms. The number of hydrogen-bond donors (Lipinski definition) is 1. The molecular formula is C18H13Cl2NO3. The van der Waals surface area contributed by atoms with Gasteiger partial charge in [-0.15, -0.1) is 0 Å². The molecule has 1 amide bonds. The quantitative estimate of drug-likeness (QED) is 0.655. The first-order valence-corrected chi connectivity index (χ1v) is 7.92. The van der Waals surface area contributed by atoms with Crippen LogP contribution in [0, 0.1) is 13.8 Å². The minimum Gasteiger partial charge on any atom is -0.421 e. The van der Waals surface area contributed by atoms with Gasteiger partial charge < -0.3 is 9.73 Å². The zero-order chi connectivity index (χ0) is 17.4. The molecule has 6 heteroatoms. The van der Waals surface area contributed by atoms with E-state index in [1.807, 2.05) is 26.0 Å². The molecule has 0 aliphatic rings. The molecule has 2 aromatic carbocycles. The fourth-order valence-electron chi connectivity index (χ4n) is 2.33. The fourth-order valence-corrected chi connectivity index (χ4v) is 2.88. The van der Waals surface area contributed by atoms with Crippen molar-refractivity contribution in [3.8, 4) is 0 Å². The van der Waals surface area contributed by atoms with E-state index in [2.05, 4.69) is 5.32 Å². The molecule has 0 unspecified atom stereocenters. The largest absolute Gasteiger partial charge is 0.421 e. The summed E-state index contributed by atoms with van der Waals surface area (Å²) in [4.78, 5) is 24.5. The van der Waals surface area contributed by atoms with Crippen LogP contribution in [0.5, 0.6) is 0 Å². The highest BCUT2D eigenvalue weighted by atomic mass is 35.5. The molecule has 3 aromatic rings. The minimum atomic E-state index is -0.756. The van der Waals surface area contributed by atoms with Gasteiger partial charge in [-0.25, -0.2) is 4.79 Å². The average Bonchev–Trinajstić information content (AvgIpc) is 2.51. The second-order valence-corrected chi connectivity index (χ2v) is 6.35. The second-order valence-electron chi connectivity index (χ2n) is 5.51. The molecule has 0 saturated carbocycles. The van der Waals surface area contributed by atoms with Gasteiger partial charge in [-0.1, -0.05) is 29.3 Å². The van der Waals surface area contributed by atoms with E-state index in [0.717, 1.165) is 11.1 Å². The van der Waals surface area contributed by atoms with Gasteiger partial charge in [-0.05, 0) is 55.3 Å². The first-order valence-electron chi connectivity index (χ1n) is 7.16. The van der Waals surface area contributed by atoms with E-state index in [-0.39, 0.29) is 16.2 Å². The number of nitrogens with one attached hydrogen (secondary N) is 1. The molecule has 4 nitrogen and oxygen atoms in total. The summed E-state index contributed by atoms with van der Waals surface area (Å²) in [5.74, 6) is -0.551. The Morgan fingerprint density at radius 2 is 1.79 bits per heavy atom. The van der Waals surface area contributed by atoms with Gasteiger partial charge in [0.05, 0.1) is 5.02 Å². The Hall–Kier alpha value is -2.30. The Morgan fingerprint density at radius 1 is 1.04 bits per heavy atom. The van der Waals surface area contributed by atoms with Crippen molar-refractivity contribution in [2.24, 2.45) is 0 Å². The third-order valence-corrected chi connectivity index (χ3v) is 4.26. The number of carbonyl (C=O) groups is 1. The van der Waals surface area contributed by atoms with Crippen molar-refractivity contribution in [2.45, 2.75) is 13.8 Å². The molecule has 0 aliphatic carbocycles. The van der Waals surface area contributed by atoms with Crippen molar-refractivity contribution in [2.75, 3.05) is 5.32 Å². The Kier molecular flexibility index (Phi) is 4.35. The molecule has 0 atom stereocenters. The van der Waals surface area contributed by atoms with E-state index < -0.39 is 11.5 Å². The lowest BCUT2D eigenvalue weighted by molar-refractivity contribution is 0.102.